The Labute approximate surface area is 139 Å². The Kier molecular flexibility index (Phi) is 3.45. The molecule has 1 N–H and O–H groups in total. The van der Waals surface area contributed by atoms with Crippen molar-refractivity contribution in [2.24, 2.45) is 0 Å². The summed E-state index contributed by atoms with van der Waals surface area (Å²) >= 11 is 0. The van der Waals surface area contributed by atoms with Crippen LogP contribution in [-0.4, -0.2) is 35.7 Å². The van der Waals surface area contributed by atoms with Crippen molar-refractivity contribution in [1.29, 1.82) is 0 Å². The standard InChI is InChI=1S/C17H16N4O2S/c1-24(22,23)12-4-5-15-14(7-12)17(20-10-19-15)21-16-8-13(16)11-3-2-6-18-9-11/h2-7,9-10,13,16H,8H2,1H3,(H,19,20,21)/t13-,16+/m1/s1. The quantitative estimate of drug-likeness (QED) is 0.785. The molecule has 0 radical (unpaired) electrons. The predicted octanol–water partition coefficient (Wildman–Crippen LogP) is 2.40. The highest BCUT2D eigenvalue weighted by molar-refractivity contribution is 7.90. The SMILES string of the molecule is CS(=O)(=O)c1ccc2ncnc(N[C@H]3C[C@@H]3c3cccnc3)c2c1. The summed E-state index contributed by atoms with van der Waals surface area (Å²) in [6, 6.07) is 9.19. The fraction of sp³-hybridized carbons (Fsp3) is 0.235. The molecule has 2 aromatic heterocycles. The molecular formula is C17H16N4O2S. The molecule has 1 fully saturated rings. The van der Waals surface area contributed by atoms with E-state index >= 15 is 0 Å². The minimum Gasteiger partial charge on any atom is -0.366 e. The van der Waals surface area contributed by atoms with E-state index in [1.165, 1.54) is 18.1 Å². The minimum absolute atomic E-state index is 0.271. The van der Waals surface area contributed by atoms with Gasteiger partial charge in [-0.05, 0) is 36.2 Å². The van der Waals surface area contributed by atoms with E-state index in [0.717, 1.165) is 17.3 Å². The van der Waals surface area contributed by atoms with Crippen LogP contribution in [0.5, 0.6) is 0 Å². The van der Waals surface area contributed by atoms with Crippen molar-refractivity contribution in [3.05, 3.63) is 54.6 Å². The van der Waals surface area contributed by atoms with Crippen LogP contribution in [0.15, 0.2) is 53.9 Å². The lowest BCUT2D eigenvalue weighted by molar-refractivity contribution is 0.602. The van der Waals surface area contributed by atoms with Gasteiger partial charge in [0.15, 0.2) is 9.84 Å². The normalized spacial score (nSPS) is 20.0. The van der Waals surface area contributed by atoms with Crippen molar-refractivity contribution >= 4 is 26.6 Å². The first-order valence-electron chi connectivity index (χ1n) is 7.63. The molecule has 122 valence electrons. The molecular weight excluding hydrogens is 324 g/mol. The second kappa shape index (κ2) is 5.52. The van der Waals surface area contributed by atoms with E-state index in [1.807, 2.05) is 12.3 Å². The molecule has 0 aliphatic heterocycles. The first kappa shape index (κ1) is 15.0. The van der Waals surface area contributed by atoms with Gasteiger partial charge in [-0.25, -0.2) is 18.4 Å². The molecule has 0 saturated heterocycles. The summed E-state index contributed by atoms with van der Waals surface area (Å²) in [5.41, 5.74) is 1.92. The lowest BCUT2D eigenvalue weighted by atomic mass is 10.2. The molecule has 6 nitrogen and oxygen atoms in total. The van der Waals surface area contributed by atoms with Crippen molar-refractivity contribution in [2.75, 3.05) is 11.6 Å². The van der Waals surface area contributed by atoms with Crippen LogP contribution in [0.1, 0.15) is 17.9 Å². The van der Waals surface area contributed by atoms with Crippen LogP contribution in [0.25, 0.3) is 10.9 Å². The Morgan fingerprint density at radius 1 is 1.21 bits per heavy atom. The van der Waals surface area contributed by atoms with Crippen LogP contribution in [0.3, 0.4) is 0 Å². The highest BCUT2D eigenvalue weighted by atomic mass is 32.2. The summed E-state index contributed by atoms with van der Waals surface area (Å²) in [5.74, 6) is 1.07. The van der Waals surface area contributed by atoms with Crippen LogP contribution >= 0.6 is 0 Å². The third-order valence-electron chi connectivity index (χ3n) is 4.26. The van der Waals surface area contributed by atoms with Crippen LogP contribution in [0.2, 0.25) is 0 Å². The number of rotatable bonds is 4. The zero-order valence-electron chi connectivity index (χ0n) is 13.0. The lowest BCUT2D eigenvalue weighted by Crippen LogP contribution is -2.07. The largest absolute Gasteiger partial charge is 0.366 e. The molecule has 2 atom stereocenters. The summed E-state index contributed by atoms with van der Waals surface area (Å²) < 4.78 is 23.6. The molecule has 2 heterocycles. The highest BCUT2D eigenvalue weighted by Crippen LogP contribution is 2.42. The number of benzene rings is 1. The highest BCUT2D eigenvalue weighted by Gasteiger charge is 2.39. The average molecular weight is 340 g/mol. The van der Waals surface area contributed by atoms with Gasteiger partial charge in [0.05, 0.1) is 10.4 Å². The molecule has 0 spiro atoms. The number of aromatic nitrogens is 3. The number of nitrogens with zero attached hydrogens (tertiary/aromatic N) is 3. The maximum Gasteiger partial charge on any atom is 0.175 e. The molecule has 1 aliphatic carbocycles. The van der Waals surface area contributed by atoms with E-state index in [4.69, 9.17) is 0 Å². The Bertz CT molecular complexity index is 1010. The van der Waals surface area contributed by atoms with E-state index in [-0.39, 0.29) is 10.9 Å². The summed E-state index contributed by atoms with van der Waals surface area (Å²) in [6.07, 6.45) is 7.34. The third kappa shape index (κ3) is 2.82. The minimum atomic E-state index is -3.27. The molecule has 1 aliphatic rings. The topological polar surface area (TPSA) is 84.8 Å². The number of hydrogen-bond donors (Lipinski definition) is 1. The Hall–Kier alpha value is -2.54. The molecule has 0 unspecified atom stereocenters. The first-order chi connectivity index (χ1) is 11.5. The zero-order chi connectivity index (χ0) is 16.7. The third-order valence-corrected chi connectivity index (χ3v) is 5.37. The smallest absolute Gasteiger partial charge is 0.175 e. The van der Waals surface area contributed by atoms with Gasteiger partial charge in [0.1, 0.15) is 12.1 Å². The van der Waals surface area contributed by atoms with Gasteiger partial charge in [0, 0.05) is 36.0 Å². The number of fused-ring (bicyclic) bond motifs is 1. The van der Waals surface area contributed by atoms with Gasteiger partial charge in [0.25, 0.3) is 0 Å². The van der Waals surface area contributed by atoms with Crippen molar-refractivity contribution in [3.63, 3.8) is 0 Å². The maximum absolute atomic E-state index is 11.8. The Morgan fingerprint density at radius 2 is 2.08 bits per heavy atom. The number of hydrogen-bond acceptors (Lipinski definition) is 6. The molecule has 7 heteroatoms. The Balaban J connectivity index is 1.65. The van der Waals surface area contributed by atoms with Crippen molar-refractivity contribution in [1.82, 2.24) is 15.0 Å². The van der Waals surface area contributed by atoms with Gasteiger partial charge in [0.2, 0.25) is 0 Å². The second-order valence-corrected chi connectivity index (χ2v) is 8.07. The lowest BCUT2D eigenvalue weighted by Gasteiger charge is -2.09. The van der Waals surface area contributed by atoms with Gasteiger partial charge >= 0.3 is 0 Å². The van der Waals surface area contributed by atoms with E-state index < -0.39 is 9.84 Å². The molecule has 0 bridgehead atoms. The summed E-state index contributed by atoms with van der Waals surface area (Å²) in [5, 5.41) is 4.13. The number of pyridine rings is 1. The monoisotopic (exact) mass is 340 g/mol. The van der Waals surface area contributed by atoms with E-state index in [9.17, 15) is 8.42 Å². The molecule has 1 saturated carbocycles. The van der Waals surface area contributed by atoms with E-state index in [1.54, 1.807) is 24.4 Å². The van der Waals surface area contributed by atoms with Gasteiger partial charge < -0.3 is 5.32 Å². The van der Waals surface area contributed by atoms with Crippen LogP contribution in [0.4, 0.5) is 5.82 Å². The second-order valence-electron chi connectivity index (χ2n) is 6.05. The van der Waals surface area contributed by atoms with Gasteiger partial charge in [-0.15, -0.1) is 0 Å². The number of nitrogens with one attached hydrogen (secondary N) is 1. The maximum atomic E-state index is 11.8. The van der Waals surface area contributed by atoms with Crippen molar-refractivity contribution in [3.8, 4) is 0 Å². The zero-order valence-corrected chi connectivity index (χ0v) is 13.9. The van der Waals surface area contributed by atoms with Gasteiger partial charge in [-0.2, -0.15) is 0 Å². The average Bonchev–Trinajstić information content (AvgIpc) is 3.34. The first-order valence-corrected chi connectivity index (χ1v) is 9.53. The van der Waals surface area contributed by atoms with Crippen LogP contribution in [0, 0.1) is 0 Å². The van der Waals surface area contributed by atoms with E-state index in [0.29, 0.717) is 11.7 Å². The van der Waals surface area contributed by atoms with Gasteiger partial charge in [-0.1, -0.05) is 6.07 Å². The van der Waals surface area contributed by atoms with Crippen LogP contribution in [-0.2, 0) is 9.84 Å². The molecule has 24 heavy (non-hydrogen) atoms. The molecule has 0 amide bonds. The number of anilines is 1. The number of sulfone groups is 1. The summed E-state index contributed by atoms with van der Waals surface area (Å²) in [4.78, 5) is 12.9. The van der Waals surface area contributed by atoms with Gasteiger partial charge in [-0.3, -0.25) is 4.98 Å². The molecule has 4 rings (SSSR count). The molecule has 1 aromatic carbocycles. The van der Waals surface area contributed by atoms with E-state index in [2.05, 4.69) is 26.3 Å². The van der Waals surface area contributed by atoms with Crippen LogP contribution < -0.4 is 5.32 Å². The summed E-state index contributed by atoms with van der Waals surface area (Å²) in [7, 11) is -3.27. The fourth-order valence-corrected chi connectivity index (χ4v) is 3.52. The van der Waals surface area contributed by atoms with Crippen molar-refractivity contribution < 1.29 is 8.42 Å². The molecule has 3 aromatic rings. The predicted molar refractivity (Wildman–Crippen MR) is 91.7 cm³/mol. The fourth-order valence-electron chi connectivity index (χ4n) is 2.88. The van der Waals surface area contributed by atoms with Crippen molar-refractivity contribution in [2.45, 2.75) is 23.3 Å². The Morgan fingerprint density at radius 3 is 2.83 bits per heavy atom. The summed E-state index contributed by atoms with van der Waals surface area (Å²) in [6.45, 7) is 0.